The Hall–Kier alpha value is 0.0200. The van der Waals surface area contributed by atoms with Gasteiger partial charge in [-0.1, -0.05) is 79.9 Å². The first-order chi connectivity index (χ1) is 10.0. The molecule has 0 bridgehead atoms. The first kappa shape index (κ1) is 19.1. The van der Waals surface area contributed by atoms with Crippen molar-refractivity contribution < 1.29 is 4.79 Å². The predicted molar refractivity (Wildman–Crippen MR) is 97.8 cm³/mol. The Kier molecular flexibility index (Phi) is 9.71. The highest BCUT2D eigenvalue weighted by Crippen LogP contribution is 2.31. The maximum Gasteiger partial charge on any atom is 0.214 e. The van der Waals surface area contributed by atoms with Crippen LogP contribution < -0.4 is 0 Å². The lowest BCUT2D eigenvalue weighted by Gasteiger charge is -2.07. The normalized spacial score (nSPS) is 12.3. The fourth-order valence-corrected chi connectivity index (χ4v) is 5.34. The van der Waals surface area contributed by atoms with Crippen molar-refractivity contribution >= 4 is 51.7 Å². The van der Waals surface area contributed by atoms with Crippen molar-refractivity contribution in [2.75, 3.05) is 11.5 Å². The molecule has 0 saturated carbocycles. The fraction of sp³-hybridized carbons (Fsp3) is 0.643. The van der Waals surface area contributed by atoms with E-state index >= 15 is 0 Å². The molecule has 0 radical (unpaired) electrons. The van der Waals surface area contributed by atoms with E-state index in [0.717, 1.165) is 20.2 Å². The zero-order valence-corrected chi connectivity index (χ0v) is 16.0. The molecule has 1 rings (SSSR count). The molecule has 1 heterocycles. The molecule has 0 aromatic carbocycles. The second-order valence-corrected chi connectivity index (χ2v) is 9.69. The van der Waals surface area contributed by atoms with Crippen LogP contribution in [0.25, 0.3) is 0 Å². The number of hydrogen-bond acceptors (Lipinski definition) is 7. The lowest BCUT2D eigenvalue weighted by Crippen LogP contribution is -2.05. The van der Waals surface area contributed by atoms with Gasteiger partial charge in [-0.15, -0.1) is 10.2 Å². The van der Waals surface area contributed by atoms with Crippen LogP contribution in [-0.2, 0) is 4.79 Å². The van der Waals surface area contributed by atoms with E-state index in [1.165, 1.54) is 31.0 Å². The van der Waals surface area contributed by atoms with E-state index in [1.807, 2.05) is 0 Å². The van der Waals surface area contributed by atoms with E-state index in [9.17, 15) is 4.79 Å². The topological polar surface area (TPSA) is 42.9 Å². The number of carbonyl (C=O) groups excluding carboxylic acids is 1. The van der Waals surface area contributed by atoms with Crippen LogP contribution in [-0.4, -0.2) is 32.1 Å². The number of aromatic nitrogens is 2. The van der Waals surface area contributed by atoms with E-state index in [-0.39, 0.29) is 10.4 Å². The Morgan fingerprint density at radius 2 is 1.95 bits per heavy atom. The van der Waals surface area contributed by atoms with Crippen LogP contribution in [0.3, 0.4) is 0 Å². The van der Waals surface area contributed by atoms with Crippen molar-refractivity contribution in [3.8, 4) is 0 Å². The standard InChI is InChI=1S/C14H22N2OS4/c1-5-6-7-8-18-13-15-16-14(21-13)19-9-11(4)20-12(17)10(2)3/h11H,2,5-9H2,1,3-4H3. The minimum atomic E-state index is 0.0764. The molecule has 0 N–H and O–H groups in total. The zero-order valence-electron chi connectivity index (χ0n) is 12.8. The van der Waals surface area contributed by atoms with E-state index in [0.29, 0.717) is 5.57 Å². The van der Waals surface area contributed by atoms with E-state index in [2.05, 4.69) is 30.6 Å². The molecular formula is C14H22N2OS4. The molecule has 3 nitrogen and oxygen atoms in total. The highest BCUT2D eigenvalue weighted by molar-refractivity contribution is 8.15. The summed E-state index contributed by atoms with van der Waals surface area (Å²) in [5.74, 6) is 1.98. The molecular weight excluding hydrogens is 340 g/mol. The monoisotopic (exact) mass is 362 g/mol. The predicted octanol–water partition coefficient (Wildman–Crippen LogP) is 5.14. The molecule has 1 aromatic heterocycles. The lowest BCUT2D eigenvalue weighted by molar-refractivity contribution is -0.107. The van der Waals surface area contributed by atoms with Crippen molar-refractivity contribution in [3.63, 3.8) is 0 Å². The number of carbonyl (C=O) groups is 1. The molecule has 0 aliphatic heterocycles. The lowest BCUT2D eigenvalue weighted by atomic mass is 10.3. The zero-order chi connectivity index (χ0) is 15.7. The molecule has 7 heteroatoms. The summed E-state index contributed by atoms with van der Waals surface area (Å²) < 4.78 is 2.04. The van der Waals surface area contributed by atoms with Gasteiger partial charge in [0.05, 0.1) is 0 Å². The van der Waals surface area contributed by atoms with Gasteiger partial charge in [0.2, 0.25) is 5.12 Å². The van der Waals surface area contributed by atoms with Crippen LogP contribution >= 0.6 is 46.6 Å². The van der Waals surface area contributed by atoms with Gasteiger partial charge < -0.3 is 0 Å². The molecule has 118 valence electrons. The maximum absolute atomic E-state index is 11.6. The van der Waals surface area contributed by atoms with Gasteiger partial charge in [-0.25, -0.2) is 0 Å². The number of hydrogen-bond donors (Lipinski definition) is 0. The Bertz CT molecular complexity index is 462. The summed E-state index contributed by atoms with van der Waals surface area (Å²) in [5.41, 5.74) is 0.610. The molecule has 1 atom stereocenters. The second kappa shape index (κ2) is 10.7. The first-order valence-electron chi connectivity index (χ1n) is 6.98. The average Bonchev–Trinajstić information content (AvgIpc) is 2.89. The summed E-state index contributed by atoms with van der Waals surface area (Å²) >= 11 is 6.46. The summed E-state index contributed by atoms with van der Waals surface area (Å²) in [7, 11) is 0. The van der Waals surface area contributed by atoms with Crippen molar-refractivity contribution in [1.82, 2.24) is 10.2 Å². The molecule has 0 saturated heterocycles. The van der Waals surface area contributed by atoms with Crippen LogP contribution in [0.2, 0.25) is 0 Å². The first-order valence-corrected chi connectivity index (χ1v) is 10.6. The molecule has 1 unspecified atom stereocenters. The van der Waals surface area contributed by atoms with Crippen LogP contribution in [0.1, 0.15) is 40.0 Å². The van der Waals surface area contributed by atoms with Gasteiger partial charge in [-0.3, -0.25) is 4.79 Å². The number of rotatable bonds is 10. The summed E-state index contributed by atoms with van der Waals surface area (Å²) in [6.07, 6.45) is 3.76. The Balaban J connectivity index is 2.27. The van der Waals surface area contributed by atoms with Crippen LogP contribution in [0.15, 0.2) is 20.8 Å². The third kappa shape index (κ3) is 8.28. The Labute approximate surface area is 144 Å². The van der Waals surface area contributed by atoms with Gasteiger partial charge in [-0.05, 0) is 18.9 Å². The minimum Gasteiger partial charge on any atom is -0.282 e. The smallest absolute Gasteiger partial charge is 0.214 e. The van der Waals surface area contributed by atoms with Gasteiger partial charge in [0.25, 0.3) is 0 Å². The number of nitrogens with zero attached hydrogens (tertiary/aromatic N) is 2. The van der Waals surface area contributed by atoms with Gasteiger partial charge in [0.15, 0.2) is 8.68 Å². The summed E-state index contributed by atoms with van der Waals surface area (Å²) in [5, 5.41) is 8.73. The second-order valence-electron chi connectivity index (χ2n) is 4.70. The quantitative estimate of drug-likeness (QED) is 0.326. The largest absolute Gasteiger partial charge is 0.282 e. The minimum absolute atomic E-state index is 0.0764. The molecule has 0 aliphatic rings. The summed E-state index contributed by atoms with van der Waals surface area (Å²) in [4.78, 5) is 11.6. The van der Waals surface area contributed by atoms with Crippen molar-refractivity contribution in [3.05, 3.63) is 12.2 Å². The van der Waals surface area contributed by atoms with E-state index < -0.39 is 0 Å². The molecule has 21 heavy (non-hydrogen) atoms. The number of thioether (sulfide) groups is 3. The third-order valence-corrected chi connectivity index (χ3v) is 7.34. The molecule has 0 aliphatic carbocycles. The average molecular weight is 363 g/mol. The van der Waals surface area contributed by atoms with Gasteiger partial charge in [0.1, 0.15) is 0 Å². The summed E-state index contributed by atoms with van der Waals surface area (Å²) in [6, 6.07) is 0. The van der Waals surface area contributed by atoms with Crippen molar-refractivity contribution in [2.45, 2.75) is 54.0 Å². The maximum atomic E-state index is 11.6. The van der Waals surface area contributed by atoms with E-state index in [4.69, 9.17) is 0 Å². The Morgan fingerprint density at radius 1 is 1.29 bits per heavy atom. The number of unbranched alkanes of at least 4 members (excludes halogenated alkanes) is 2. The van der Waals surface area contributed by atoms with E-state index in [1.54, 1.807) is 41.8 Å². The van der Waals surface area contributed by atoms with Crippen LogP contribution in [0.4, 0.5) is 0 Å². The van der Waals surface area contributed by atoms with Crippen LogP contribution in [0, 0.1) is 0 Å². The molecule has 1 aromatic rings. The van der Waals surface area contributed by atoms with Gasteiger partial charge >= 0.3 is 0 Å². The third-order valence-electron chi connectivity index (χ3n) is 2.46. The van der Waals surface area contributed by atoms with Crippen LogP contribution in [0.5, 0.6) is 0 Å². The molecule has 0 amide bonds. The highest BCUT2D eigenvalue weighted by Gasteiger charge is 2.12. The molecule has 0 spiro atoms. The summed E-state index contributed by atoms with van der Waals surface area (Å²) in [6.45, 7) is 9.69. The molecule has 0 fully saturated rings. The SMILES string of the molecule is C=C(C)C(=O)SC(C)CSc1nnc(SCCCCC)s1. The van der Waals surface area contributed by atoms with Crippen molar-refractivity contribution in [1.29, 1.82) is 0 Å². The fourth-order valence-electron chi connectivity index (χ4n) is 1.33. The van der Waals surface area contributed by atoms with Crippen molar-refractivity contribution in [2.24, 2.45) is 0 Å². The van der Waals surface area contributed by atoms with Gasteiger partial charge in [0, 0.05) is 16.8 Å². The highest BCUT2D eigenvalue weighted by atomic mass is 32.2. The van der Waals surface area contributed by atoms with Gasteiger partial charge in [-0.2, -0.15) is 0 Å². The Morgan fingerprint density at radius 3 is 2.57 bits per heavy atom.